The Kier molecular flexibility index (Phi) is 6.56. The number of methoxy groups -OCH3 is 1. The molecule has 7 nitrogen and oxygen atoms in total. The molecule has 2 heterocycles. The van der Waals surface area contributed by atoms with Crippen LogP contribution in [-0.4, -0.2) is 66.4 Å². The molecule has 0 bridgehead atoms. The highest BCUT2D eigenvalue weighted by Crippen LogP contribution is 2.34. The van der Waals surface area contributed by atoms with Crippen molar-refractivity contribution in [1.82, 2.24) is 14.8 Å². The van der Waals surface area contributed by atoms with Crippen LogP contribution in [0, 0.1) is 0 Å². The van der Waals surface area contributed by atoms with Gasteiger partial charge >= 0.3 is 6.18 Å². The number of aromatic nitrogens is 1. The molecule has 0 radical (unpaired) electrons. The van der Waals surface area contributed by atoms with Gasteiger partial charge in [0.05, 0.1) is 30.5 Å². The minimum absolute atomic E-state index is 0.0572. The van der Waals surface area contributed by atoms with Gasteiger partial charge in [0.1, 0.15) is 0 Å². The molecule has 2 aromatic rings. The van der Waals surface area contributed by atoms with E-state index in [4.69, 9.17) is 4.74 Å². The van der Waals surface area contributed by atoms with Gasteiger partial charge in [-0.3, -0.25) is 14.5 Å². The molecule has 0 spiro atoms. The summed E-state index contributed by atoms with van der Waals surface area (Å²) in [6.45, 7) is 1.61. The van der Waals surface area contributed by atoms with Crippen molar-refractivity contribution in [3.05, 3.63) is 53.7 Å². The van der Waals surface area contributed by atoms with Gasteiger partial charge in [-0.25, -0.2) is 4.98 Å². The van der Waals surface area contributed by atoms with E-state index in [1.807, 2.05) is 0 Å². The van der Waals surface area contributed by atoms with E-state index in [9.17, 15) is 22.8 Å². The summed E-state index contributed by atoms with van der Waals surface area (Å²) in [6, 6.07) is 8.09. The Balaban J connectivity index is 1.52. The first-order valence-electron chi connectivity index (χ1n) is 9.25. The molecule has 1 fully saturated rings. The van der Waals surface area contributed by atoms with Crippen molar-refractivity contribution in [2.45, 2.75) is 6.18 Å². The van der Waals surface area contributed by atoms with Gasteiger partial charge in [0.25, 0.3) is 5.91 Å². The third-order valence-electron chi connectivity index (χ3n) is 4.73. The Morgan fingerprint density at radius 3 is 2.40 bits per heavy atom. The van der Waals surface area contributed by atoms with Crippen molar-refractivity contribution in [2.24, 2.45) is 0 Å². The number of halogens is 3. The van der Waals surface area contributed by atoms with Crippen molar-refractivity contribution >= 4 is 17.5 Å². The van der Waals surface area contributed by atoms with E-state index in [0.29, 0.717) is 37.6 Å². The second-order valence-corrected chi connectivity index (χ2v) is 6.75. The van der Waals surface area contributed by atoms with Gasteiger partial charge in [-0.05, 0) is 18.2 Å². The fourth-order valence-corrected chi connectivity index (χ4v) is 3.15. The fraction of sp³-hybridized carbons (Fsp3) is 0.350. The predicted octanol–water partition coefficient (Wildman–Crippen LogP) is 2.51. The van der Waals surface area contributed by atoms with Crippen LogP contribution in [-0.2, 0) is 11.0 Å². The highest BCUT2D eigenvalue weighted by atomic mass is 19.4. The molecule has 0 aliphatic carbocycles. The molecule has 0 saturated carbocycles. The number of amides is 2. The molecule has 30 heavy (non-hydrogen) atoms. The molecule has 160 valence electrons. The molecule has 1 aromatic carbocycles. The molecule has 1 aliphatic heterocycles. The molecule has 1 aromatic heterocycles. The molecule has 2 amide bonds. The normalized spacial score (nSPS) is 15.0. The average molecular weight is 422 g/mol. The first-order chi connectivity index (χ1) is 14.3. The zero-order valence-electron chi connectivity index (χ0n) is 16.3. The first kappa shape index (κ1) is 21.6. The van der Waals surface area contributed by atoms with Gasteiger partial charge in [-0.1, -0.05) is 12.1 Å². The lowest BCUT2D eigenvalue weighted by molar-refractivity contribution is -0.137. The number of carbonyl (C=O) groups excluding carboxylic acids is 2. The van der Waals surface area contributed by atoms with Crippen LogP contribution in [0.5, 0.6) is 5.88 Å². The van der Waals surface area contributed by atoms with E-state index in [2.05, 4.69) is 10.3 Å². The van der Waals surface area contributed by atoms with Crippen molar-refractivity contribution in [2.75, 3.05) is 45.2 Å². The topological polar surface area (TPSA) is 74.8 Å². The number of piperazine rings is 1. The summed E-state index contributed by atoms with van der Waals surface area (Å²) in [6.07, 6.45) is -3.11. The number of alkyl halides is 3. The lowest BCUT2D eigenvalue weighted by Crippen LogP contribution is -2.50. The number of nitrogens with one attached hydrogen (secondary N) is 1. The van der Waals surface area contributed by atoms with Crippen LogP contribution in [0.1, 0.15) is 15.9 Å². The maximum atomic E-state index is 13.0. The monoisotopic (exact) mass is 422 g/mol. The Labute approximate surface area is 171 Å². The summed E-state index contributed by atoms with van der Waals surface area (Å²) in [4.78, 5) is 32.2. The zero-order valence-corrected chi connectivity index (χ0v) is 16.3. The standard InChI is InChI=1S/C20H21F3N4O3/c1-30-18-7-6-14(12-24-18)19(29)27-10-8-26(9-11-27)13-17(28)25-16-5-3-2-4-15(16)20(21,22)23/h2-7,12H,8-11,13H2,1H3,(H,25,28). The van der Waals surface area contributed by atoms with Crippen LogP contribution >= 0.6 is 0 Å². The van der Waals surface area contributed by atoms with Crippen LogP contribution in [0.2, 0.25) is 0 Å². The summed E-state index contributed by atoms with van der Waals surface area (Å²) in [5, 5.41) is 2.33. The third-order valence-corrected chi connectivity index (χ3v) is 4.73. The number of carbonyl (C=O) groups is 2. The molecule has 10 heteroatoms. The lowest BCUT2D eigenvalue weighted by atomic mass is 10.1. The van der Waals surface area contributed by atoms with Crippen molar-refractivity contribution < 1.29 is 27.5 Å². The second kappa shape index (κ2) is 9.12. The number of hydrogen-bond donors (Lipinski definition) is 1. The Morgan fingerprint density at radius 1 is 1.10 bits per heavy atom. The largest absolute Gasteiger partial charge is 0.481 e. The number of rotatable bonds is 5. The first-order valence-corrected chi connectivity index (χ1v) is 9.25. The van der Waals surface area contributed by atoms with E-state index < -0.39 is 17.6 Å². The quantitative estimate of drug-likeness (QED) is 0.802. The minimum atomic E-state index is -4.55. The number of benzene rings is 1. The number of pyridine rings is 1. The highest BCUT2D eigenvalue weighted by molar-refractivity contribution is 5.94. The van der Waals surface area contributed by atoms with Gasteiger partial charge in [-0.15, -0.1) is 0 Å². The molecule has 3 rings (SSSR count). The van der Waals surface area contributed by atoms with Gasteiger partial charge < -0.3 is 15.0 Å². The zero-order chi connectivity index (χ0) is 21.7. The summed E-state index contributed by atoms with van der Waals surface area (Å²) in [5.41, 5.74) is -0.719. The summed E-state index contributed by atoms with van der Waals surface area (Å²) >= 11 is 0. The highest BCUT2D eigenvalue weighted by Gasteiger charge is 2.33. The molecular weight excluding hydrogens is 401 g/mol. The number of nitrogens with zero attached hydrogens (tertiary/aromatic N) is 3. The third kappa shape index (κ3) is 5.26. The maximum absolute atomic E-state index is 13.0. The van der Waals surface area contributed by atoms with E-state index in [0.717, 1.165) is 6.07 Å². The number of hydrogen-bond acceptors (Lipinski definition) is 5. The van der Waals surface area contributed by atoms with Crippen LogP contribution in [0.3, 0.4) is 0 Å². The smallest absolute Gasteiger partial charge is 0.418 e. The van der Waals surface area contributed by atoms with Crippen molar-refractivity contribution in [3.63, 3.8) is 0 Å². The number of ether oxygens (including phenoxy) is 1. The van der Waals surface area contributed by atoms with Crippen molar-refractivity contribution in [1.29, 1.82) is 0 Å². The van der Waals surface area contributed by atoms with Gasteiger partial charge in [0.15, 0.2) is 0 Å². The van der Waals surface area contributed by atoms with Gasteiger partial charge in [0.2, 0.25) is 11.8 Å². The summed E-state index contributed by atoms with van der Waals surface area (Å²) in [7, 11) is 1.49. The fourth-order valence-electron chi connectivity index (χ4n) is 3.15. The van der Waals surface area contributed by atoms with E-state index >= 15 is 0 Å². The number of para-hydroxylation sites is 1. The molecule has 1 saturated heterocycles. The maximum Gasteiger partial charge on any atom is 0.418 e. The van der Waals surface area contributed by atoms with E-state index in [-0.39, 0.29) is 18.1 Å². The Hall–Kier alpha value is -3.14. The predicted molar refractivity (Wildman–Crippen MR) is 103 cm³/mol. The summed E-state index contributed by atoms with van der Waals surface area (Å²) in [5.74, 6) is -0.298. The van der Waals surface area contributed by atoms with Gasteiger partial charge in [-0.2, -0.15) is 13.2 Å². The minimum Gasteiger partial charge on any atom is -0.481 e. The summed E-state index contributed by atoms with van der Waals surface area (Å²) < 4.78 is 44.1. The van der Waals surface area contributed by atoms with E-state index in [1.54, 1.807) is 21.9 Å². The second-order valence-electron chi connectivity index (χ2n) is 6.75. The Bertz CT molecular complexity index is 895. The SMILES string of the molecule is COc1ccc(C(=O)N2CCN(CC(=O)Nc3ccccc3C(F)(F)F)CC2)cn1. The molecule has 1 aliphatic rings. The molecule has 0 unspecified atom stereocenters. The van der Waals surface area contributed by atoms with Crippen LogP contribution < -0.4 is 10.1 Å². The molecule has 1 N–H and O–H groups in total. The average Bonchev–Trinajstić information content (AvgIpc) is 2.73. The lowest BCUT2D eigenvalue weighted by Gasteiger charge is -2.34. The number of anilines is 1. The van der Waals surface area contributed by atoms with Gasteiger partial charge in [0, 0.05) is 38.4 Å². The van der Waals surface area contributed by atoms with E-state index in [1.165, 1.54) is 31.5 Å². The van der Waals surface area contributed by atoms with Crippen LogP contribution in [0.15, 0.2) is 42.6 Å². The van der Waals surface area contributed by atoms with Crippen LogP contribution in [0.25, 0.3) is 0 Å². The molecule has 0 atom stereocenters. The Morgan fingerprint density at radius 2 is 1.80 bits per heavy atom. The van der Waals surface area contributed by atoms with Crippen molar-refractivity contribution in [3.8, 4) is 5.88 Å². The van der Waals surface area contributed by atoms with Crippen LogP contribution in [0.4, 0.5) is 18.9 Å². The molecular formula is C20H21F3N4O3.